The van der Waals surface area contributed by atoms with Crippen LogP contribution in [0.1, 0.15) is 16.2 Å². The van der Waals surface area contributed by atoms with Crippen molar-refractivity contribution in [3.05, 3.63) is 65.8 Å². The van der Waals surface area contributed by atoms with E-state index in [1.807, 2.05) is 31.1 Å². The van der Waals surface area contributed by atoms with Crippen LogP contribution < -0.4 is 4.90 Å². The van der Waals surface area contributed by atoms with E-state index < -0.39 is 5.97 Å². The summed E-state index contributed by atoms with van der Waals surface area (Å²) in [5, 5.41) is 3.79. The molecule has 1 aromatic heterocycles. The summed E-state index contributed by atoms with van der Waals surface area (Å²) in [6, 6.07) is 12.7. The first-order valence-electron chi connectivity index (χ1n) is 7.56. The van der Waals surface area contributed by atoms with Crippen LogP contribution in [0.3, 0.4) is 0 Å². The molecule has 0 fully saturated rings. The lowest BCUT2D eigenvalue weighted by molar-refractivity contribution is 0.0430. The van der Waals surface area contributed by atoms with Crippen LogP contribution >= 0.6 is 0 Å². The normalized spacial score (nSPS) is 10.5. The van der Waals surface area contributed by atoms with E-state index in [1.54, 1.807) is 24.3 Å². The summed E-state index contributed by atoms with van der Waals surface area (Å²) in [4.78, 5) is 18.1. The molecule has 0 N–H and O–H groups in total. The second-order valence-electron chi connectivity index (χ2n) is 5.54. The number of hydrogen-bond acceptors (Lipinski definition) is 6. The highest BCUT2D eigenvalue weighted by Gasteiger charge is 2.13. The average molecular weight is 341 g/mol. The summed E-state index contributed by atoms with van der Waals surface area (Å²) >= 11 is 0. The number of aromatic nitrogens is 2. The van der Waals surface area contributed by atoms with Gasteiger partial charge in [-0.2, -0.15) is 4.98 Å². The Bertz CT molecular complexity index is 858. The van der Waals surface area contributed by atoms with Crippen LogP contribution in [0, 0.1) is 5.82 Å². The Morgan fingerprint density at radius 2 is 1.80 bits per heavy atom. The molecule has 0 spiro atoms. The zero-order valence-corrected chi connectivity index (χ0v) is 13.8. The number of carbonyl (C=O) groups is 1. The fraction of sp³-hybridized carbons (Fsp3) is 0.167. The molecule has 1 heterocycles. The molecule has 0 aliphatic rings. The molecule has 0 aliphatic carbocycles. The van der Waals surface area contributed by atoms with E-state index >= 15 is 0 Å². The lowest BCUT2D eigenvalue weighted by atomic mass is 10.2. The van der Waals surface area contributed by atoms with E-state index in [0.717, 1.165) is 5.69 Å². The van der Waals surface area contributed by atoms with Gasteiger partial charge >= 0.3 is 5.97 Å². The third-order valence-corrected chi connectivity index (χ3v) is 3.52. The first kappa shape index (κ1) is 16.6. The van der Waals surface area contributed by atoms with E-state index in [4.69, 9.17) is 9.26 Å². The van der Waals surface area contributed by atoms with Gasteiger partial charge in [-0.05, 0) is 48.5 Å². The number of ether oxygens (including phenoxy) is 1. The third kappa shape index (κ3) is 4.00. The minimum absolute atomic E-state index is 0.136. The Balaban J connectivity index is 1.61. The SMILES string of the molecule is CN(C)c1ccc(C(=O)OCc2nc(-c3ccc(F)cc3)no2)cc1. The van der Waals surface area contributed by atoms with Crippen molar-refractivity contribution in [3.63, 3.8) is 0 Å². The lowest BCUT2D eigenvalue weighted by Crippen LogP contribution is -2.09. The Morgan fingerprint density at radius 3 is 2.44 bits per heavy atom. The summed E-state index contributed by atoms with van der Waals surface area (Å²) in [5.74, 6) is -0.354. The second kappa shape index (κ2) is 7.12. The number of esters is 1. The number of halogens is 1. The van der Waals surface area contributed by atoms with Gasteiger partial charge in [0.2, 0.25) is 5.82 Å². The first-order valence-corrected chi connectivity index (χ1v) is 7.56. The highest BCUT2D eigenvalue weighted by Crippen LogP contribution is 2.17. The maximum atomic E-state index is 12.9. The zero-order chi connectivity index (χ0) is 17.8. The molecule has 0 amide bonds. The minimum Gasteiger partial charge on any atom is -0.452 e. The van der Waals surface area contributed by atoms with E-state index in [9.17, 15) is 9.18 Å². The van der Waals surface area contributed by atoms with Crippen LogP contribution in [0.4, 0.5) is 10.1 Å². The quantitative estimate of drug-likeness (QED) is 0.663. The lowest BCUT2D eigenvalue weighted by Gasteiger charge is -2.12. The summed E-state index contributed by atoms with van der Waals surface area (Å²) < 4.78 is 23.1. The van der Waals surface area contributed by atoms with Gasteiger partial charge < -0.3 is 14.2 Å². The van der Waals surface area contributed by atoms with Crippen molar-refractivity contribution in [2.24, 2.45) is 0 Å². The van der Waals surface area contributed by atoms with Gasteiger partial charge in [0.1, 0.15) is 5.82 Å². The fourth-order valence-electron chi connectivity index (χ4n) is 2.14. The summed E-state index contributed by atoms with van der Waals surface area (Å²) in [5.41, 5.74) is 2.03. The topological polar surface area (TPSA) is 68.5 Å². The van der Waals surface area contributed by atoms with Crippen molar-refractivity contribution >= 4 is 11.7 Å². The largest absolute Gasteiger partial charge is 0.452 e. The summed E-state index contributed by atoms with van der Waals surface area (Å²) in [7, 11) is 3.84. The van der Waals surface area contributed by atoms with Crippen molar-refractivity contribution in [1.29, 1.82) is 0 Å². The predicted octanol–water partition coefficient (Wildman–Crippen LogP) is 3.30. The van der Waals surface area contributed by atoms with Crippen molar-refractivity contribution in [2.75, 3.05) is 19.0 Å². The number of hydrogen-bond donors (Lipinski definition) is 0. The second-order valence-corrected chi connectivity index (χ2v) is 5.54. The van der Waals surface area contributed by atoms with Crippen LogP contribution in [-0.4, -0.2) is 30.2 Å². The van der Waals surface area contributed by atoms with Gasteiger partial charge in [-0.3, -0.25) is 0 Å². The molecule has 0 saturated heterocycles. The minimum atomic E-state index is -0.480. The molecule has 2 aromatic carbocycles. The summed E-state index contributed by atoms with van der Waals surface area (Å²) in [6.45, 7) is -0.136. The van der Waals surface area contributed by atoms with Crippen molar-refractivity contribution in [1.82, 2.24) is 10.1 Å². The van der Waals surface area contributed by atoms with Gasteiger partial charge in [0.05, 0.1) is 5.56 Å². The Hall–Kier alpha value is -3.22. The molecule has 3 aromatic rings. The maximum absolute atomic E-state index is 12.9. The van der Waals surface area contributed by atoms with Crippen LogP contribution in [-0.2, 0) is 11.3 Å². The molecular weight excluding hydrogens is 325 g/mol. The van der Waals surface area contributed by atoms with Gasteiger partial charge in [-0.15, -0.1) is 0 Å². The zero-order valence-electron chi connectivity index (χ0n) is 13.8. The molecule has 25 heavy (non-hydrogen) atoms. The molecule has 0 radical (unpaired) electrons. The van der Waals surface area contributed by atoms with E-state index in [2.05, 4.69) is 10.1 Å². The molecule has 7 heteroatoms. The number of carbonyl (C=O) groups excluding carboxylic acids is 1. The number of benzene rings is 2. The van der Waals surface area contributed by atoms with Gasteiger partial charge in [0.25, 0.3) is 5.89 Å². The van der Waals surface area contributed by atoms with Gasteiger partial charge in [0, 0.05) is 25.3 Å². The van der Waals surface area contributed by atoms with Gasteiger partial charge in [0.15, 0.2) is 6.61 Å². The van der Waals surface area contributed by atoms with E-state index in [-0.39, 0.29) is 18.3 Å². The molecule has 0 unspecified atom stereocenters. The third-order valence-electron chi connectivity index (χ3n) is 3.52. The fourth-order valence-corrected chi connectivity index (χ4v) is 2.14. The molecule has 0 aliphatic heterocycles. The standard InChI is InChI=1S/C18H16FN3O3/c1-22(2)15-9-5-13(6-10-15)18(23)24-11-16-20-17(21-25-16)12-3-7-14(19)8-4-12/h3-10H,11H2,1-2H3. The molecular formula is C18H16FN3O3. The number of rotatable bonds is 5. The maximum Gasteiger partial charge on any atom is 0.338 e. The Morgan fingerprint density at radius 1 is 1.12 bits per heavy atom. The van der Waals surface area contributed by atoms with Crippen LogP contribution in [0.15, 0.2) is 53.1 Å². The molecule has 0 bridgehead atoms. The van der Waals surface area contributed by atoms with E-state index in [0.29, 0.717) is 17.0 Å². The summed E-state index contributed by atoms with van der Waals surface area (Å²) in [6.07, 6.45) is 0. The van der Waals surface area contributed by atoms with Crippen LogP contribution in [0.2, 0.25) is 0 Å². The van der Waals surface area contributed by atoms with Crippen molar-refractivity contribution in [2.45, 2.75) is 6.61 Å². The highest BCUT2D eigenvalue weighted by molar-refractivity contribution is 5.89. The van der Waals surface area contributed by atoms with Gasteiger partial charge in [-0.25, -0.2) is 9.18 Å². The monoisotopic (exact) mass is 341 g/mol. The molecule has 0 atom stereocenters. The molecule has 128 valence electrons. The number of anilines is 1. The van der Waals surface area contributed by atoms with Crippen molar-refractivity contribution < 1.29 is 18.4 Å². The number of nitrogens with zero attached hydrogens (tertiary/aromatic N) is 3. The highest BCUT2D eigenvalue weighted by atomic mass is 19.1. The molecule has 6 nitrogen and oxygen atoms in total. The average Bonchev–Trinajstić information content (AvgIpc) is 3.09. The first-order chi connectivity index (χ1) is 12.0. The Labute approximate surface area is 143 Å². The van der Waals surface area contributed by atoms with Crippen LogP contribution in [0.25, 0.3) is 11.4 Å². The Kier molecular flexibility index (Phi) is 4.74. The predicted molar refractivity (Wildman–Crippen MR) is 89.6 cm³/mol. The van der Waals surface area contributed by atoms with E-state index in [1.165, 1.54) is 12.1 Å². The molecule has 0 saturated carbocycles. The smallest absolute Gasteiger partial charge is 0.338 e. The van der Waals surface area contributed by atoms with Crippen LogP contribution in [0.5, 0.6) is 0 Å². The van der Waals surface area contributed by atoms with Crippen molar-refractivity contribution in [3.8, 4) is 11.4 Å². The molecule has 3 rings (SSSR count). The van der Waals surface area contributed by atoms with Gasteiger partial charge in [-0.1, -0.05) is 5.16 Å².